The maximum atomic E-state index is 4.44. The Balaban J connectivity index is 1.35. The van der Waals surface area contributed by atoms with Gasteiger partial charge in [0.05, 0.1) is 0 Å². The second-order valence-corrected chi connectivity index (χ2v) is 6.49. The Bertz CT molecular complexity index is 797. The summed E-state index contributed by atoms with van der Waals surface area (Å²) in [4.78, 5) is 2.56. The van der Waals surface area contributed by atoms with Gasteiger partial charge in [0.1, 0.15) is 5.82 Å². The van der Waals surface area contributed by atoms with E-state index in [1.807, 2.05) is 24.4 Å². The Hall–Kier alpha value is -2.21. The highest BCUT2D eigenvalue weighted by Gasteiger charge is 2.24. The van der Waals surface area contributed by atoms with Gasteiger partial charge in [-0.05, 0) is 51.1 Å². The molecule has 0 aliphatic carbocycles. The molecule has 0 N–H and O–H groups in total. The Labute approximate surface area is 142 Å². The van der Waals surface area contributed by atoms with Crippen molar-refractivity contribution in [2.45, 2.75) is 38.6 Å². The summed E-state index contributed by atoms with van der Waals surface area (Å²) in [5, 5.41) is 13.1. The fraction of sp³-hybridized carbons (Fsp3) is 0.500. The Morgan fingerprint density at radius 1 is 1.12 bits per heavy atom. The molecule has 0 saturated carbocycles. The van der Waals surface area contributed by atoms with Crippen molar-refractivity contribution < 1.29 is 0 Å². The number of rotatable bonds is 5. The molecule has 3 aromatic rings. The molecule has 0 atom stereocenters. The fourth-order valence-corrected chi connectivity index (χ4v) is 3.68. The number of aromatic nitrogens is 5. The molecular weight excluding hydrogens is 300 g/mol. The Morgan fingerprint density at radius 3 is 2.83 bits per heavy atom. The van der Waals surface area contributed by atoms with E-state index >= 15 is 0 Å². The van der Waals surface area contributed by atoms with Crippen molar-refractivity contribution in [3.8, 4) is 0 Å². The van der Waals surface area contributed by atoms with Gasteiger partial charge in [-0.25, -0.2) is 0 Å². The summed E-state index contributed by atoms with van der Waals surface area (Å²) in [6, 6.07) is 8.21. The third kappa shape index (κ3) is 2.94. The number of fused-ring (bicyclic) bond motifs is 1. The molecule has 1 aliphatic rings. The van der Waals surface area contributed by atoms with Crippen LogP contribution in [0.2, 0.25) is 0 Å². The van der Waals surface area contributed by atoms with E-state index in [1.54, 1.807) is 0 Å². The predicted octanol–water partition coefficient (Wildman–Crippen LogP) is 2.37. The highest BCUT2D eigenvalue weighted by molar-refractivity contribution is 5.37. The van der Waals surface area contributed by atoms with Gasteiger partial charge in [0.25, 0.3) is 0 Å². The molecule has 1 aliphatic heterocycles. The van der Waals surface area contributed by atoms with Crippen molar-refractivity contribution >= 4 is 5.65 Å². The summed E-state index contributed by atoms with van der Waals surface area (Å²) >= 11 is 0. The zero-order valence-electron chi connectivity index (χ0n) is 14.2. The Morgan fingerprint density at radius 2 is 2.00 bits per heavy atom. The van der Waals surface area contributed by atoms with Crippen molar-refractivity contribution in [3.05, 3.63) is 48.2 Å². The first-order valence-electron chi connectivity index (χ1n) is 8.88. The third-order valence-corrected chi connectivity index (χ3v) is 5.08. The zero-order valence-corrected chi connectivity index (χ0v) is 14.2. The number of likely N-dealkylation sites (tertiary alicyclic amines) is 1. The maximum Gasteiger partial charge on any atom is 0.160 e. The van der Waals surface area contributed by atoms with Gasteiger partial charge in [-0.1, -0.05) is 6.07 Å². The summed E-state index contributed by atoms with van der Waals surface area (Å²) in [6.45, 7) is 6.47. The molecule has 24 heavy (non-hydrogen) atoms. The van der Waals surface area contributed by atoms with Crippen molar-refractivity contribution in [2.75, 3.05) is 19.6 Å². The molecule has 0 spiro atoms. The van der Waals surface area contributed by atoms with E-state index in [0.29, 0.717) is 5.92 Å². The summed E-state index contributed by atoms with van der Waals surface area (Å²) in [5.74, 6) is 1.63. The van der Waals surface area contributed by atoms with Crippen molar-refractivity contribution in [1.82, 2.24) is 29.3 Å². The van der Waals surface area contributed by atoms with Crippen LogP contribution in [-0.2, 0) is 13.0 Å². The van der Waals surface area contributed by atoms with E-state index in [9.17, 15) is 0 Å². The number of piperidine rings is 1. The van der Waals surface area contributed by atoms with Gasteiger partial charge in [0, 0.05) is 43.5 Å². The van der Waals surface area contributed by atoms with Crippen LogP contribution >= 0.6 is 0 Å². The standard InChI is InChI=1S/C18H24N6/c1-2-24-16(6-10-19-24)9-14-22-12-7-15(8-13-22)18-21-20-17-5-3-4-11-23(17)18/h3-6,10-11,15H,2,7-9,12-14H2,1H3. The summed E-state index contributed by atoms with van der Waals surface area (Å²) in [6.07, 6.45) is 7.36. The molecule has 0 radical (unpaired) electrons. The molecule has 0 bridgehead atoms. The second kappa shape index (κ2) is 6.73. The molecule has 0 amide bonds. The highest BCUT2D eigenvalue weighted by atomic mass is 15.3. The van der Waals surface area contributed by atoms with E-state index in [0.717, 1.165) is 56.9 Å². The SMILES string of the molecule is CCn1nccc1CCN1CCC(c2nnc3ccccn23)CC1. The van der Waals surface area contributed by atoms with Crippen LogP contribution in [0.3, 0.4) is 0 Å². The molecule has 126 valence electrons. The topological polar surface area (TPSA) is 51.2 Å². The largest absolute Gasteiger partial charge is 0.303 e. The average molecular weight is 324 g/mol. The average Bonchev–Trinajstić information content (AvgIpc) is 3.27. The molecular formula is C18H24N6. The molecule has 4 heterocycles. The van der Waals surface area contributed by atoms with E-state index in [-0.39, 0.29) is 0 Å². The van der Waals surface area contributed by atoms with E-state index in [4.69, 9.17) is 0 Å². The smallest absolute Gasteiger partial charge is 0.160 e. The summed E-state index contributed by atoms with van der Waals surface area (Å²) in [7, 11) is 0. The van der Waals surface area contributed by atoms with Gasteiger partial charge in [0.15, 0.2) is 5.65 Å². The maximum absolute atomic E-state index is 4.44. The molecule has 6 heteroatoms. The lowest BCUT2D eigenvalue weighted by Crippen LogP contribution is -2.35. The van der Waals surface area contributed by atoms with Crippen LogP contribution in [0.5, 0.6) is 0 Å². The first kappa shape index (κ1) is 15.3. The number of hydrogen-bond acceptors (Lipinski definition) is 4. The van der Waals surface area contributed by atoms with E-state index < -0.39 is 0 Å². The normalized spacial score (nSPS) is 16.9. The van der Waals surface area contributed by atoms with Crippen molar-refractivity contribution in [1.29, 1.82) is 0 Å². The van der Waals surface area contributed by atoms with Crippen LogP contribution in [0.4, 0.5) is 0 Å². The first-order chi connectivity index (χ1) is 11.8. The first-order valence-corrected chi connectivity index (χ1v) is 8.88. The molecule has 1 fully saturated rings. The monoisotopic (exact) mass is 324 g/mol. The third-order valence-electron chi connectivity index (χ3n) is 5.08. The van der Waals surface area contributed by atoms with Crippen LogP contribution in [0.25, 0.3) is 5.65 Å². The number of pyridine rings is 1. The number of aryl methyl sites for hydroxylation is 1. The van der Waals surface area contributed by atoms with Gasteiger partial charge < -0.3 is 4.90 Å². The van der Waals surface area contributed by atoms with Crippen LogP contribution in [0.1, 0.15) is 37.2 Å². The van der Waals surface area contributed by atoms with Gasteiger partial charge >= 0.3 is 0 Å². The van der Waals surface area contributed by atoms with Gasteiger partial charge in [-0.15, -0.1) is 10.2 Å². The van der Waals surface area contributed by atoms with Crippen LogP contribution < -0.4 is 0 Å². The van der Waals surface area contributed by atoms with Crippen LogP contribution in [0, 0.1) is 0 Å². The minimum absolute atomic E-state index is 0.514. The molecule has 6 nitrogen and oxygen atoms in total. The number of nitrogens with zero attached hydrogens (tertiary/aromatic N) is 6. The summed E-state index contributed by atoms with van der Waals surface area (Å²) in [5.41, 5.74) is 2.28. The minimum Gasteiger partial charge on any atom is -0.303 e. The second-order valence-electron chi connectivity index (χ2n) is 6.49. The lowest BCUT2D eigenvalue weighted by atomic mass is 9.96. The van der Waals surface area contributed by atoms with E-state index in [2.05, 4.69) is 48.5 Å². The fourth-order valence-electron chi connectivity index (χ4n) is 3.68. The summed E-state index contributed by atoms with van der Waals surface area (Å²) < 4.78 is 4.23. The Kier molecular flexibility index (Phi) is 4.30. The molecule has 0 aromatic carbocycles. The zero-order chi connectivity index (χ0) is 16.4. The lowest BCUT2D eigenvalue weighted by Gasteiger charge is -2.31. The molecule has 0 unspecified atom stereocenters. The van der Waals surface area contributed by atoms with E-state index in [1.165, 1.54) is 5.69 Å². The molecule has 3 aromatic heterocycles. The highest BCUT2D eigenvalue weighted by Crippen LogP contribution is 2.27. The van der Waals surface area contributed by atoms with Gasteiger partial charge in [-0.2, -0.15) is 5.10 Å². The molecule has 1 saturated heterocycles. The number of hydrogen-bond donors (Lipinski definition) is 0. The van der Waals surface area contributed by atoms with Crippen LogP contribution in [-0.4, -0.2) is 48.9 Å². The van der Waals surface area contributed by atoms with Gasteiger partial charge in [-0.3, -0.25) is 9.08 Å². The van der Waals surface area contributed by atoms with Crippen molar-refractivity contribution in [2.24, 2.45) is 0 Å². The quantitative estimate of drug-likeness (QED) is 0.723. The van der Waals surface area contributed by atoms with Crippen LogP contribution in [0.15, 0.2) is 36.7 Å². The molecule has 4 rings (SSSR count). The predicted molar refractivity (Wildman–Crippen MR) is 93.0 cm³/mol. The minimum atomic E-state index is 0.514. The lowest BCUT2D eigenvalue weighted by molar-refractivity contribution is 0.210. The van der Waals surface area contributed by atoms with Gasteiger partial charge in [0.2, 0.25) is 0 Å². The van der Waals surface area contributed by atoms with Crippen molar-refractivity contribution in [3.63, 3.8) is 0 Å².